The lowest BCUT2D eigenvalue weighted by atomic mass is 9.97. The van der Waals surface area contributed by atoms with Gasteiger partial charge in [0.05, 0.1) is 5.69 Å². The summed E-state index contributed by atoms with van der Waals surface area (Å²) >= 11 is 0. The van der Waals surface area contributed by atoms with Gasteiger partial charge < -0.3 is 15.6 Å². The molecule has 1 heterocycles. The van der Waals surface area contributed by atoms with Crippen LogP contribution in [0.2, 0.25) is 0 Å². The SMILES string of the molecule is C=C/C=C(/C1=CCC=C1)c1nc(Cc2c(NC)ccc(C(/C=C(\C=C)NC(=C)Cc3ccccc3)=C/C)c2F)[nH]c1C. The highest BCUT2D eigenvalue weighted by atomic mass is 19.1. The van der Waals surface area contributed by atoms with Crippen LogP contribution >= 0.6 is 0 Å². The summed E-state index contributed by atoms with van der Waals surface area (Å²) in [5, 5.41) is 6.49. The molecule has 5 heteroatoms. The zero-order valence-corrected chi connectivity index (χ0v) is 24.7. The minimum atomic E-state index is -0.295. The molecule has 0 unspecified atom stereocenters. The summed E-state index contributed by atoms with van der Waals surface area (Å²) < 4.78 is 16.3. The summed E-state index contributed by atoms with van der Waals surface area (Å²) in [6.45, 7) is 15.9. The number of hydrogen-bond donors (Lipinski definition) is 3. The van der Waals surface area contributed by atoms with Crippen LogP contribution in [0.15, 0.2) is 128 Å². The summed E-state index contributed by atoms with van der Waals surface area (Å²) in [5.74, 6) is 0.396. The van der Waals surface area contributed by atoms with Crippen LogP contribution in [0, 0.1) is 12.7 Å². The normalized spacial score (nSPS) is 13.6. The van der Waals surface area contributed by atoms with Gasteiger partial charge in [0, 0.05) is 59.4 Å². The number of anilines is 1. The summed E-state index contributed by atoms with van der Waals surface area (Å²) in [5.41, 5.74) is 9.10. The maximum absolute atomic E-state index is 16.3. The molecule has 42 heavy (non-hydrogen) atoms. The van der Waals surface area contributed by atoms with E-state index in [0.717, 1.165) is 51.5 Å². The maximum Gasteiger partial charge on any atom is 0.136 e. The summed E-state index contributed by atoms with van der Waals surface area (Å²) in [6, 6.07) is 13.8. The fourth-order valence-corrected chi connectivity index (χ4v) is 5.10. The molecule has 214 valence electrons. The molecular weight excluding hydrogens is 519 g/mol. The minimum absolute atomic E-state index is 0.295. The molecule has 0 amide bonds. The fourth-order valence-electron chi connectivity index (χ4n) is 5.10. The van der Waals surface area contributed by atoms with Crippen LogP contribution in [0.4, 0.5) is 10.1 Å². The van der Waals surface area contributed by atoms with Crippen molar-refractivity contribution < 1.29 is 4.39 Å². The van der Waals surface area contributed by atoms with Crippen molar-refractivity contribution in [3.05, 3.63) is 167 Å². The number of aryl methyl sites for hydroxylation is 1. The average molecular weight is 559 g/mol. The fraction of sp³-hybridized carbons (Fsp3) is 0.162. The first-order chi connectivity index (χ1) is 20.4. The van der Waals surface area contributed by atoms with Gasteiger partial charge in [-0.2, -0.15) is 0 Å². The van der Waals surface area contributed by atoms with E-state index in [1.54, 1.807) is 25.3 Å². The summed E-state index contributed by atoms with van der Waals surface area (Å²) in [7, 11) is 1.80. The Morgan fingerprint density at radius 2 is 1.93 bits per heavy atom. The smallest absolute Gasteiger partial charge is 0.136 e. The molecule has 1 aliphatic rings. The number of nitrogens with one attached hydrogen (secondary N) is 3. The van der Waals surface area contributed by atoms with Crippen molar-refractivity contribution in [2.75, 3.05) is 12.4 Å². The van der Waals surface area contributed by atoms with Crippen molar-refractivity contribution in [3.63, 3.8) is 0 Å². The highest BCUT2D eigenvalue weighted by molar-refractivity contribution is 5.83. The van der Waals surface area contributed by atoms with Crippen LogP contribution in [0.5, 0.6) is 0 Å². The van der Waals surface area contributed by atoms with Gasteiger partial charge in [-0.25, -0.2) is 9.37 Å². The Kier molecular flexibility index (Phi) is 10.1. The Morgan fingerprint density at radius 3 is 2.57 bits per heavy atom. The van der Waals surface area contributed by atoms with Crippen molar-refractivity contribution in [3.8, 4) is 0 Å². The molecule has 1 aliphatic carbocycles. The van der Waals surface area contributed by atoms with E-state index < -0.39 is 0 Å². The molecule has 0 radical (unpaired) electrons. The van der Waals surface area contributed by atoms with Gasteiger partial charge in [0.25, 0.3) is 0 Å². The molecule has 2 aromatic carbocycles. The Morgan fingerprint density at radius 1 is 1.14 bits per heavy atom. The Bertz CT molecular complexity index is 1630. The van der Waals surface area contributed by atoms with E-state index in [4.69, 9.17) is 4.98 Å². The molecule has 4 rings (SSSR count). The van der Waals surface area contributed by atoms with Crippen LogP contribution in [-0.2, 0) is 12.8 Å². The molecule has 4 nitrogen and oxygen atoms in total. The lowest BCUT2D eigenvalue weighted by molar-refractivity contribution is 0.609. The van der Waals surface area contributed by atoms with Crippen LogP contribution in [0.25, 0.3) is 11.1 Å². The van der Waals surface area contributed by atoms with E-state index >= 15 is 4.39 Å². The number of nitrogens with zero attached hydrogens (tertiary/aromatic N) is 1. The quantitative estimate of drug-likeness (QED) is 0.184. The molecular formula is C37H39FN4. The monoisotopic (exact) mass is 558 g/mol. The molecule has 3 N–H and O–H groups in total. The Hall–Kier alpha value is -4.90. The number of halogens is 1. The number of imidazole rings is 1. The number of H-pyrrole nitrogens is 1. The van der Waals surface area contributed by atoms with E-state index in [1.165, 1.54) is 0 Å². The molecule has 0 aliphatic heterocycles. The average Bonchev–Trinajstić information content (AvgIpc) is 3.65. The zero-order chi connectivity index (χ0) is 30.1. The molecule has 0 atom stereocenters. The Balaban J connectivity index is 1.63. The summed E-state index contributed by atoms with van der Waals surface area (Å²) in [6.07, 6.45) is 17.5. The zero-order valence-electron chi connectivity index (χ0n) is 24.7. The summed E-state index contributed by atoms with van der Waals surface area (Å²) in [4.78, 5) is 8.30. The van der Waals surface area contributed by atoms with Crippen molar-refractivity contribution in [1.82, 2.24) is 15.3 Å². The Labute approximate surface area is 249 Å². The second-order valence-corrected chi connectivity index (χ2v) is 10.1. The predicted octanol–water partition coefficient (Wildman–Crippen LogP) is 8.76. The highest BCUT2D eigenvalue weighted by Crippen LogP contribution is 2.32. The molecule has 0 fully saturated rings. The maximum atomic E-state index is 16.3. The number of rotatable bonds is 13. The number of hydrogen-bond acceptors (Lipinski definition) is 3. The third-order valence-electron chi connectivity index (χ3n) is 7.15. The number of allylic oxidation sites excluding steroid dienone is 12. The van der Waals surface area contributed by atoms with Crippen molar-refractivity contribution >= 4 is 16.8 Å². The van der Waals surface area contributed by atoms with Crippen LogP contribution in [-0.4, -0.2) is 17.0 Å². The van der Waals surface area contributed by atoms with Gasteiger partial charge in [-0.05, 0) is 61.3 Å². The third-order valence-corrected chi connectivity index (χ3v) is 7.15. The van der Waals surface area contributed by atoms with Crippen molar-refractivity contribution in [2.45, 2.75) is 33.1 Å². The lowest BCUT2D eigenvalue weighted by Crippen LogP contribution is -2.12. The largest absolute Gasteiger partial charge is 0.388 e. The van der Waals surface area contributed by atoms with Gasteiger partial charge in [0.2, 0.25) is 0 Å². The number of aromatic nitrogens is 2. The second kappa shape index (κ2) is 14.1. The number of aromatic amines is 1. The molecule has 0 saturated carbocycles. The second-order valence-electron chi connectivity index (χ2n) is 10.1. The van der Waals surface area contributed by atoms with Crippen molar-refractivity contribution in [1.29, 1.82) is 0 Å². The predicted molar refractivity (Wildman–Crippen MR) is 176 cm³/mol. The first-order valence-corrected chi connectivity index (χ1v) is 14.1. The first-order valence-electron chi connectivity index (χ1n) is 14.1. The van der Waals surface area contributed by atoms with E-state index in [0.29, 0.717) is 35.5 Å². The van der Waals surface area contributed by atoms with Crippen LogP contribution in [0.1, 0.15) is 47.2 Å². The lowest BCUT2D eigenvalue weighted by Gasteiger charge is -2.15. The van der Waals surface area contributed by atoms with Gasteiger partial charge in [0.15, 0.2) is 0 Å². The molecule has 0 bridgehead atoms. The van der Waals surface area contributed by atoms with E-state index in [2.05, 4.69) is 65.7 Å². The molecule has 0 spiro atoms. The van der Waals surface area contributed by atoms with Gasteiger partial charge in [-0.15, -0.1) is 0 Å². The van der Waals surface area contributed by atoms with E-state index in [9.17, 15) is 0 Å². The van der Waals surface area contributed by atoms with Gasteiger partial charge >= 0.3 is 0 Å². The molecule has 3 aromatic rings. The highest BCUT2D eigenvalue weighted by Gasteiger charge is 2.20. The topological polar surface area (TPSA) is 52.7 Å². The van der Waals surface area contributed by atoms with E-state index in [1.807, 2.05) is 56.3 Å². The van der Waals surface area contributed by atoms with Gasteiger partial charge in [0.1, 0.15) is 11.6 Å². The molecule has 0 saturated heterocycles. The standard InChI is InChI=1S/C37H39FN4/c1-7-15-32(29-18-13-14-19-29)37-26(5)41-35(42-37)24-33-34(39-6)21-20-31(36(33)38)28(8-2)23-30(9-3)40-25(4)22-27-16-11-10-12-17-27/h7-13,15-21,23,39-40H,1,3-4,14,22,24H2,2,5-6H3,(H,41,42)/b28-8+,30-23+,32-15-. The van der Waals surface area contributed by atoms with Crippen LogP contribution in [0.3, 0.4) is 0 Å². The minimum Gasteiger partial charge on any atom is -0.388 e. The van der Waals surface area contributed by atoms with Gasteiger partial charge in [-0.3, -0.25) is 0 Å². The third kappa shape index (κ3) is 7.05. The number of benzene rings is 2. The van der Waals surface area contributed by atoms with Crippen LogP contribution < -0.4 is 10.6 Å². The molecule has 1 aromatic heterocycles. The first kappa shape index (κ1) is 30.1. The van der Waals surface area contributed by atoms with Gasteiger partial charge in [-0.1, -0.05) is 86.5 Å². The van der Waals surface area contributed by atoms with E-state index in [-0.39, 0.29) is 5.82 Å². The van der Waals surface area contributed by atoms with Crippen molar-refractivity contribution in [2.24, 2.45) is 0 Å².